The van der Waals surface area contributed by atoms with Crippen LogP contribution in [0.3, 0.4) is 0 Å². The second-order valence-corrected chi connectivity index (χ2v) is 11.4. The lowest BCUT2D eigenvalue weighted by Crippen LogP contribution is -2.36. The maximum absolute atomic E-state index is 13.3. The van der Waals surface area contributed by atoms with E-state index in [0.29, 0.717) is 18.7 Å². The number of fused-ring (bicyclic) bond motifs is 1. The smallest absolute Gasteiger partial charge is 0.251 e. The fraction of sp³-hybridized carbons (Fsp3) is 0.500. The molecule has 2 aromatic rings. The number of hydrazine groups is 1. The van der Waals surface area contributed by atoms with Crippen LogP contribution in [0.25, 0.3) is 0 Å². The van der Waals surface area contributed by atoms with Crippen LogP contribution in [0.2, 0.25) is 0 Å². The van der Waals surface area contributed by atoms with Gasteiger partial charge in [0, 0.05) is 30.7 Å². The van der Waals surface area contributed by atoms with Crippen molar-refractivity contribution in [2.75, 3.05) is 19.7 Å². The zero-order valence-electron chi connectivity index (χ0n) is 19.9. The second-order valence-electron chi connectivity index (χ2n) is 9.68. The molecule has 0 aromatic heterocycles. The summed E-state index contributed by atoms with van der Waals surface area (Å²) in [5.74, 6) is -0.307. The Bertz CT molecular complexity index is 1160. The van der Waals surface area contributed by atoms with Gasteiger partial charge in [0.15, 0.2) is 0 Å². The van der Waals surface area contributed by atoms with Gasteiger partial charge >= 0.3 is 0 Å². The Morgan fingerprint density at radius 2 is 1.89 bits per heavy atom. The van der Waals surface area contributed by atoms with Crippen LogP contribution < -0.4 is 20.9 Å². The van der Waals surface area contributed by atoms with Crippen molar-refractivity contribution in [1.82, 2.24) is 20.9 Å². The average molecular weight is 499 g/mol. The third-order valence-electron chi connectivity index (χ3n) is 7.21. The van der Waals surface area contributed by atoms with Crippen LogP contribution in [-0.4, -0.2) is 40.1 Å². The number of hydrogen-bond acceptors (Lipinski definition) is 6. The summed E-state index contributed by atoms with van der Waals surface area (Å²) in [7, 11) is -3.75. The minimum absolute atomic E-state index is 0.0514. The lowest BCUT2D eigenvalue weighted by molar-refractivity contribution is 0.0411. The molecule has 9 heteroatoms. The molecule has 5 rings (SSSR count). The summed E-state index contributed by atoms with van der Waals surface area (Å²) in [6.45, 7) is 1.72. The fourth-order valence-corrected chi connectivity index (χ4v) is 6.67. The van der Waals surface area contributed by atoms with Crippen molar-refractivity contribution in [3.8, 4) is 0 Å². The van der Waals surface area contributed by atoms with Gasteiger partial charge in [-0.15, -0.1) is 0 Å². The fourth-order valence-electron chi connectivity index (χ4n) is 5.28. The first kappa shape index (κ1) is 24.4. The number of carbonyl (C=O) groups excluding carboxylic acids is 1. The Labute approximate surface area is 207 Å². The number of carbonyl (C=O) groups is 1. The molecule has 1 saturated carbocycles. The minimum atomic E-state index is -3.75. The van der Waals surface area contributed by atoms with Gasteiger partial charge in [-0.3, -0.25) is 15.6 Å². The van der Waals surface area contributed by atoms with Gasteiger partial charge in [-0.2, -0.15) is 0 Å². The second kappa shape index (κ2) is 10.8. The SMILES string of the molecule is O=C(NCC1OCCc2ccccc21)c1cc(C2CCNN2)cc(S(=O)(=O)NC2CCCCC2)c1. The Hall–Kier alpha value is -2.30. The monoisotopic (exact) mass is 498 g/mol. The van der Waals surface area contributed by atoms with E-state index in [1.54, 1.807) is 12.1 Å². The van der Waals surface area contributed by atoms with Gasteiger partial charge in [0.2, 0.25) is 10.0 Å². The zero-order valence-corrected chi connectivity index (χ0v) is 20.7. The first-order chi connectivity index (χ1) is 17.0. The zero-order chi connectivity index (χ0) is 24.3. The van der Waals surface area contributed by atoms with Gasteiger partial charge in [0.1, 0.15) is 6.10 Å². The highest BCUT2D eigenvalue weighted by molar-refractivity contribution is 7.89. The third-order valence-corrected chi connectivity index (χ3v) is 8.71. The van der Waals surface area contributed by atoms with Gasteiger partial charge in [0.05, 0.1) is 11.5 Å². The Morgan fingerprint density at radius 1 is 1.06 bits per heavy atom. The van der Waals surface area contributed by atoms with Crippen molar-refractivity contribution in [1.29, 1.82) is 0 Å². The predicted molar refractivity (Wildman–Crippen MR) is 133 cm³/mol. The van der Waals surface area contributed by atoms with E-state index in [1.165, 1.54) is 11.6 Å². The number of rotatable bonds is 7. The summed E-state index contributed by atoms with van der Waals surface area (Å²) in [5, 5.41) is 2.97. The molecule has 0 bridgehead atoms. The van der Waals surface area contributed by atoms with Gasteiger partial charge < -0.3 is 10.1 Å². The first-order valence-electron chi connectivity index (χ1n) is 12.6. The molecule has 188 valence electrons. The van der Waals surface area contributed by atoms with E-state index in [9.17, 15) is 13.2 Å². The van der Waals surface area contributed by atoms with Crippen LogP contribution in [-0.2, 0) is 21.2 Å². The van der Waals surface area contributed by atoms with Crippen LogP contribution >= 0.6 is 0 Å². The van der Waals surface area contributed by atoms with Gasteiger partial charge in [0.25, 0.3) is 5.91 Å². The molecule has 1 saturated heterocycles. The van der Waals surface area contributed by atoms with Crippen molar-refractivity contribution in [2.45, 2.75) is 68.0 Å². The largest absolute Gasteiger partial charge is 0.371 e. The number of hydrogen-bond donors (Lipinski definition) is 4. The Kier molecular flexibility index (Phi) is 7.50. The maximum atomic E-state index is 13.3. The van der Waals surface area contributed by atoms with Gasteiger partial charge in [-0.25, -0.2) is 13.1 Å². The summed E-state index contributed by atoms with van der Waals surface area (Å²) in [4.78, 5) is 13.4. The molecule has 2 aromatic carbocycles. The van der Waals surface area contributed by atoms with Gasteiger partial charge in [-0.1, -0.05) is 43.5 Å². The van der Waals surface area contributed by atoms with Crippen LogP contribution in [0.4, 0.5) is 0 Å². The molecule has 2 fully saturated rings. The molecule has 0 radical (unpaired) electrons. The summed E-state index contributed by atoms with van der Waals surface area (Å²) in [6, 6.07) is 13.0. The molecule has 3 aliphatic rings. The van der Waals surface area contributed by atoms with E-state index in [1.807, 2.05) is 18.2 Å². The molecule has 8 nitrogen and oxygen atoms in total. The van der Waals surface area contributed by atoms with E-state index in [-0.39, 0.29) is 29.0 Å². The standard InChI is InChI=1S/C26H34N4O4S/c31-26(27-17-25-23-9-5-4-6-18(23)11-13-34-25)20-14-19(24-10-12-28-29-24)15-22(16-20)35(32,33)30-21-7-2-1-3-8-21/h4-6,9,14-16,21,24-25,28-30H,1-3,7-8,10-13,17H2,(H,27,31). The molecule has 2 heterocycles. The Balaban J connectivity index is 1.36. The average Bonchev–Trinajstić information content (AvgIpc) is 3.42. The molecule has 1 amide bonds. The number of benzene rings is 2. The van der Waals surface area contributed by atoms with Crippen molar-refractivity contribution in [3.05, 3.63) is 64.7 Å². The van der Waals surface area contributed by atoms with Crippen molar-refractivity contribution in [3.63, 3.8) is 0 Å². The van der Waals surface area contributed by atoms with E-state index in [0.717, 1.165) is 62.6 Å². The molecule has 2 unspecified atom stereocenters. The lowest BCUT2D eigenvalue weighted by atomic mass is 9.96. The summed E-state index contributed by atoms with van der Waals surface area (Å²) in [5.41, 5.74) is 9.72. The molecular weight excluding hydrogens is 464 g/mol. The predicted octanol–water partition coefficient (Wildman–Crippen LogP) is 2.88. The molecule has 2 atom stereocenters. The van der Waals surface area contributed by atoms with Crippen LogP contribution in [0.15, 0.2) is 47.4 Å². The Morgan fingerprint density at radius 3 is 2.69 bits per heavy atom. The summed E-state index contributed by atoms with van der Waals surface area (Å²) in [6.07, 6.45) is 6.37. The summed E-state index contributed by atoms with van der Waals surface area (Å²) < 4.78 is 35.4. The van der Waals surface area contributed by atoms with E-state index >= 15 is 0 Å². The molecule has 0 spiro atoms. The molecule has 1 aliphatic carbocycles. The van der Waals surface area contributed by atoms with Crippen molar-refractivity contribution < 1.29 is 17.9 Å². The number of sulfonamides is 1. The number of nitrogens with one attached hydrogen (secondary N) is 4. The minimum Gasteiger partial charge on any atom is -0.371 e. The molecule has 2 aliphatic heterocycles. The summed E-state index contributed by atoms with van der Waals surface area (Å²) >= 11 is 0. The number of ether oxygens (including phenoxy) is 1. The molecule has 35 heavy (non-hydrogen) atoms. The highest BCUT2D eigenvalue weighted by atomic mass is 32.2. The van der Waals surface area contributed by atoms with E-state index in [2.05, 4.69) is 27.0 Å². The first-order valence-corrected chi connectivity index (χ1v) is 14.1. The number of amides is 1. The van der Waals surface area contributed by atoms with Crippen LogP contribution in [0.5, 0.6) is 0 Å². The highest BCUT2D eigenvalue weighted by Crippen LogP contribution is 2.28. The quantitative estimate of drug-likeness (QED) is 0.468. The van der Waals surface area contributed by atoms with E-state index in [4.69, 9.17) is 4.74 Å². The topological polar surface area (TPSA) is 109 Å². The van der Waals surface area contributed by atoms with Crippen molar-refractivity contribution in [2.24, 2.45) is 0 Å². The van der Waals surface area contributed by atoms with Crippen LogP contribution in [0, 0.1) is 0 Å². The van der Waals surface area contributed by atoms with Crippen LogP contribution in [0.1, 0.15) is 77.7 Å². The van der Waals surface area contributed by atoms with Crippen molar-refractivity contribution >= 4 is 15.9 Å². The molecular formula is C26H34N4O4S. The lowest BCUT2D eigenvalue weighted by Gasteiger charge is -2.26. The highest BCUT2D eigenvalue weighted by Gasteiger charge is 2.27. The van der Waals surface area contributed by atoms with E-state index < -0.39 is 10.0 Å². The molecule has 4 N–H and O–H groups in total. The maximum Gasteiger partial charge on any atom is 0.251 e. The normalized spacial score (nSPS) is 23.1. The third kappa shape index (κ3) is 5.76. The van der Waals surface area contributed by atoms with Gasteiger partial charge in [-0.05, 0) is 60.6 Å².